The lowest BCUT2D eigenvalue weighted by molar-refractivity contribution is 0.835. The number of nitrogens with two attached hydrogens (primary N) is 1. The van der Waals surface area contributed by atoms with Crippen LogP contribution < -0.4 is 11.4 Å². The number of thioether (sulfide) groups is 1. The second-order valence-corrected chi connectivity index (χ2v) is 9.31. The highest BCUT2D eigenvalue weighted by molar-refractivity contribution is 7.99. The zero-order valence-electron chi connectivity index (χ0n) is 15.4. The number of nitrogens with zero attached hydrogens (tertiary/aromatic N) is 4. The molecule has 0 amide bonds. The highest BCUT2D eigenvalue weighted by Crippen LogP contribution is 2.34. The predicted octanol–water partition coefficient (Wildman–Crippen LogP) is 4.08. The lowest BCUT2D eigenvalue weighted by Crippen LogP contribution is -2.14. The molecule has 4 rings (SSSR count). The van der Waals surface area contributed by atoms with Gasteiger partial charge in [-0.3, -0.25) is 4.79 Å². The molecule has 7 nitrogen and oxygen atoms in total. The number of hydrogen-bond acceptors (Lipinski definition) is 7. The number of nitrogens with one attached hydrogen (secondary N) is 1. The Balaban J connectivity index is 1.64. The Kier molecular flexibility index (Phi) is 4.90. The van der Waals surface area contributed by atoms with Crippen LogP contribution in [-0.2, 0) is 0 Å². The fourth-order valence-electron chi connectivity index (χ4n) is 2.83. The Bertz CT molecular complexity index is 1230. The minimum Gasteiger partial charge on any atom is -0.335 e. The number of fused-ring (bicyclic) bond motifs is 1. The van der Waals surface area contributed by atoms with Gasteiger partial charge in [0.1, 0.15) is 10.7 Å². The van der Waals surface area contributed by atoms with Gasteiger partial charge in [-0.15, -0.1) is 21.5 Å². The molecule has 28 heavy (non-hydrogen) atoms. The first-order valence-electron chi connectivity index (χ1n) is 8.48. The van der Waals surface area contributed by atoms with Crippen LogP contribution in [0.1, 0.15) is 28.4 Å². The maximum atomic E-state index is 12.5. The molecular formula is C18H17ClN6OS2. The third kappa shape index (κ3) is 3.30. The van der Waals surface area contributed by atoms with E-state index in [1.807, 2.05) is 32.9 Å². The number of rotatable bonds is 4. The molecule has 0 aliphatic heterocycles. The first-order valence-corrected chi connectivity index (χ1v) is 10.6. The average Bonchev–Trinajstić information content (AvgIpc) is 3.16. The van der Waals surface area contributed by atoms with Gasteiger partial charge in [-0.25, -0.2) is 9.66 Å². The molecular weight excluding hydrogens is 416 g/mol. The Morgan fingerprint density at radius 3 is 2.68 bits per heavy atom. The second kappa shape index (κ2) is 7.23. The van der Waals surface area contributed by atoms with Crippen molar-refractivity contribution < 1.29 is 0 Å². The van der Waals surface area contributed by atoms with Gasteiger partial charge >= 0.3 is 0 Å². The molecule has 4 aromatic rings. The molecule has 0 spiro atoms. The molecule has 0 unspecified atom stereocenters. The Labute approximate surface area is 173 Å². The third-order valence-corrected chi connectivity index (χ3v) is 6.91. The number of H-pyrrole nitrogens is 1. The van der Waals surface area contributed by atoms with Crippen molar-refractivity contribution in [3.63, 3.8) is 0 Å². The van der Waals surface area contributed by atoms with Gasteiger partial charge in [0.15, 0.2) is 5.82 Å². The summed E-state index contributed by atoms with van der Waals surface area (Å²) in [5, 5.41) is 10.0. The molecule has 0 fully saturated rings. The number of nitrogen functional groups attached to an aromatic ring is 1. The summed E-state index contributed by atoms with van der Waals surface area (Å²) in [6, 6.07) is 7.22. The molecule has 0 radical (unpaired) electrons. The third-order valence-electron chi connectivity index (χ3n) is 4.49. The van der Waals surface area contributed by atoms with Gasteiger partial charge in [-0.1, -0.05) is 23.4 Å². The van der Waals surface area contributed by atoms with Crippen molar-refractivity contribution in [2.75, 3.05) is 5.84 Å². The van der Waals surface area contributed by atoms with Gasteiger partial charge in [0.2, 0.25) is 5.16 Å². The number of aromatic amines is 1. The van der Waals surface area contributed by atoms with Crippen LogP contribution in [0, 0.1) is 13.8 Å². The van der Waals surface area contributed by atoms with E-state index in [0.29, 0.717) is 27.2 Å². The number of aromatic nitrogens is 5. The molecule has 3 heterocycles. The first kappa shape index (κ1) is 19.0. The van der Waals surface area contributed by atoms with E-state index in [0.717, 1.165) is 20.8 Å². The summed E-state index contributed by atoms with van der Waals surface area (Å²) >= 11 is 8.84. The van der Waals surface area contributed by atoms with Crippen LogP contribution in [0.25, 0.3) is 21.6 Å². The fourth-order valence-corrected chi connectivity index (χ4v) is 4.82. The van der Waals surface area contributed by atoms with Crippen molar-refractivity contribution in [2.24, 2.45) is 0 Å². The van der Waals surface area contributed by atoms with E-state index >= 15 is 0 Å². The molecule has 10 heteroatoms. The van der Waals surface area contributed by atoms with Crippen LogP contribution in [-0.4, -0.2) is 24.8 Å². The minimum absolute atomic E-state index is 0.120. The summed E-state index contributed by atoms with van der Waals surface area (Å²) < 4.78 is 1.43. The minimum atomic E-state index is -0.163. The first-order chi connectivity index (χ1) is 13.3. The average molecular weight is 433 g/mol. The normalized spacial score (nSPS) is 12.6. The molecule has 0 saturated carbocycles. The van der Waals surface area contributed by atoms with Crippen LogP contribution in [0.3, 0.4) is 0 Å². The summed E-state index contributed by atoms with van der Waals surface area (Å²) in [5.74, 6) is 7.31. The Morgan fingerprint density at radius 1 is 1.25 bits per heavy atom. The molecule has 0 bridgehead atoms. The molecule has 3 aromatic heterocycles. The monoisotopic (exact) mass is 432 g/mol. The molecule has 0 aliphatic rings. The van der Waals surface area contributed by atoms with Crippen molar-refractivity contribution >= 4 is 44.9 Å². The van der Waals surface area contributed by atoms with Crippen molar-refractivity contribution in [2.45, 2.75) is 31.2 Å². The summed E-state index contributed by atoms with van der Waals surface area (Å²) in [6.07, 6.45) is 0. The van der Waals surface area contributed by atoms with Gasteiger partial charge < -0.3 is 10.8 Å². The topological polar surface area (TPSA) is 102 Å². The van der Waals surface area contributed by atoms with E-state index in [1.54, 1.807) is 12.1 Å². The van der Waals surface area contributed by atoms with E-state index < -0.39 is 0 Å². The van der Waals surface area contributed by atoms with Crippen molar-refractivity contribution in [3.05, 3.63) is 55.9 Å². The lowest BCUT2D eigenvalue weighted by atomic mass is 10.2. The lowest BCUT2D eigenvalue weighted by Gasteiger charge is -2.10. The summed E-state index contributed by atoms with van der Waals surface area (Å²) in [4.78, 5) is 21.9. The highest BCUT2D eigenvalue weighted by Gasteiger charge is 2.20. The van der Waals surface area contributed by atoms with Crippen molar-refractivity contribution in [1.82, 2.24) is 24.8 Å². The molecule has 1 aromatic carbocycles. The second-order valence-electron chi connectivity index (χ2n) is 6.36. The van der Waals surface area contributed by atoms with E-state index in [1.165, 1.54) is 27.8 Å². The number of hydrogen-bond donors (Lipinski definition) is 2. The van der Waals surface area contributed by atoms with E-state index in [4.69, 9.17) is 17.4 Å². The molecule has 0 aliphatic carbocycles. The number of halogens is 1. The largest absolute Gasteiger partial charge is 0.335 e. The van der Waals surface area contributed by atoms with E-state index in [-0.39, 0.29) is 10.8 Å². The van der Waals surface area contributed by atoms with Crippen LogP contribution in [0.4, 0.5) is 0 Å². The summed E-state index contributed by atoms with van der Waals surface area (Å²) in [6.45, 7) is 5.88. The van der Waals surface area contributed by atoms with E-state index in [2.05, 4.69) is 20.2 Å². The van der Waals surface area contributed by atoms with Crippen LogP contribution in [0.2, 0.25) is 5.02 Å². The van der Waals surface area contributed by atoms with Crippen LogP contribution >= 0.6 is 34.7 Å². The van der Waals surface area contributed by atoms with Crippen molar-refractivity contribution in [3.8, 4) is 11.4 Å². The highest BCUT2D eigenvalue weighted by atomic mass is 35.5. The summed E-state index contributed by atoms with van der Waals surface area (Å²) in [5.41, 5.74) is 1.68. The standard InChI is InChI=1S/C18H17ClN6OS2/c1-8-9(2)27-17-13(8)16(26)21-14(22-17)10(3)28-18-24-23-15(25(18)20)11-4-6-12(19)7-5-11/h4-7,10H,20H2,1-3H3,(H,21,22,26)/t10-/m1/s1. The zero-order chi connectivity index (χ0) is 20.0. The molecule has 144 valence electrons. The number of aryl methyl sites for hydroxylation is 2. The zero-order valence-corrected chi connectivity index (χ0v) is 17.7. The van der Waals surface area contributed by atoms with Gasteiger partial charge in [0.25, 0.3) is 5.56 Å². The number of thiophene rings is 1. The SMILES string of the molecule is Cc1sc2nc([C@@H](C)Sc3nnc(-c4ccc(Cl)cc4)n3N)[nH]c(=O)c2c1C. The Morgan fingerprint density at radius 2 is 1.96 bits per heavy atom. The fraction of sp³-hybridized carbons (Fsp3) is 0.222. The molecule has 0 saturated heterocycles. The van der Waals surface area contributed by atoms with Gasteiger partial charge in [0, 0.05) is 15.5 Å². The van der Waals surface area contributed by atoms with Crippen LogP contribution in [0.5, 0.6) is 0 Å². The predicted molar refractivity (Wildman–Crippen MR) is 115 cm³/mol. The van der Waals surface area contributed by atoms with E-state index in [9.17, 15) is 4.79 Å². The van der Waals surface area contributed by atoms with Gasteiger partial charge in [-0.05, 0) is 50.6 Å². The molecule has 1 atom stereocenters. The maximum Gasteiger partial charge on any atom is 0.259 e. The smallest absolute Gasteiger partial charge is 0.259 e. The van der Waals surface area contributed by atoms with Crippen LogP contribution in [0.15, 0.2) is 34.2 Å². The van der Waals surface area contributed by atoms with Gasteiger partial charge in [-0.2, -0.15) is 0 Å². The Hall–Kier alpha value is -2.36. The number of benzene rings is 1. The molecule has 3 N–H and O–H groups in total. The van der Waals surface area contributed by atoms with Gasteiger partial charge in [0.05, 0.1) is 10.6 Å². The maximum absolute atomic E-state index is 12.5. The van der Waals surface area contributed by atoms with Crippen molar-refractivity contribution in [1.29, 1.82) is 0 Å². The quantitative estimate of drug-likeness (QED) is 0.372. The summed E-state index contributed by atoms with van der Waals surface area (Å²) in [7, 11) is 0.